The summed E-state index contributed by atoms with van der Waals surface area (Å²) in [5, 5.41) is 2.94. The molecule has 0 aliphatic heterocycles. The van der Waals surface area contributed by atoms with Crippen LogP contribution < -0.4 is 5.32 Å². The van der Waals surface area contributed by atoms with Gasteiger partial charge in [-0.15, -0.1) is 0 Å². The van der Waals surface area contributed by atoms with Crippen LogP contribution in [0.5, 0.6) is 0 Å². The van der Waals surface area contributed by atoms with Crippen LogP contribution in [0.3, 0.4) is 0 Å². The Hall–Kier alpha value is -0.390. The highest BCUT2D eigenvalue weighted by Gasteiger charge is 2.10. The van der Waals surface area contributed by atoms with Crippen LogP contribution in [0.15, 0.2) is 27.1 Å². The molecule has 0 saturated heterocycles. The maximum atomic E-state index is 12.0. The lowest BCUT2D eigenvalue weighted by Gasteiger charge is -2.20. The summed E-state index contributed by atoms with van der Waals surface area (Å²) in [6.45, 7) is 6.00. The lowest BCUT2D eigenvalue weighted by molar-refractivity contribution is 0.0951. The normalized spacial score (nSPS) is 11.1. The Balaban J connectivity index is 2.41. The minimum atomic E-state index is -0.0413. The molecule has 0 atom stereocenters. The van der Waals surface area contributed by atoms with E-state index in [-0.39, 0.29) is 5.91 Å². The number of nitrogens with one attached hydrogen (secondary N) is 1. The van der Waals surface area contributed by atoms with Crippen LogP contribution in [-0.2, 0) is 0 Å². The molecule has 0 heterocycles. The first-order chi connectivity index (χ1) is 8.91. The first kappa shape index (κ1) is 16.7. The SMILES string of the molecule is CC(C)N(C)CCCNC(=O)c1cc(Br)ccc1Br. The van der Waals surface area contributed by atoms with Gasteiger partial charge >= 0.3 is 0 Å². The Bertz CT molecular complexity index is 435. The van der Waals surface area contributed by atoms with Crippen molar-refractivity contribution >= 4 is 37.8 Å². The van der Waals surface area contributed by atoms with Crippen molar-refractivity contribution in [3.05, 3.63) is 32.7 Å². The lowest BCUT2D eigenvalue weighted by Crippen LogP contribution is -2.31. The molecule has 0 fully saturated rings. The average Bonchev–Trinajstić information content (AvgIpc) is 2.36. The zero-order chi connectivity index (χ0) is 14.4. The van der Waals surface area contributed by atoms with Crippen molar-refractivity contribution in [2.45, 2.75) is 26.3 Å². The summed E-state index contributed by atoms with van der Waals surface area (Å²) in [7, 11) is 2.09. The molecule has 19 heavy (non-hydrogen) atoms. The molecule has 106 valence electrons. The predicted octanol–water partition coefficient (Wildman–Crippen LogP) is 3.67. The minimum Gasteiger partial charge on any atom is -0.352 e. The van der Waals surface area contributed by atoms with Gasteiger partial charge in [-0.25, -0.2) is 0 Å². The number of hydrogen-bond acceptors (Lipinski definition) is 2. The third-order valence-corrected chi connectivity index (χ3v) is 4.21. The van der Waals surface area contributed by atoms with Gasteiger partial charge in [0, 0.05) is 21.5 Å². The molecule has 1 amide bonds. The van der Waals surface area contributed by atoms with E-state index in [0.29, 0.717) is 18.2 Å². The standard InChI is InChI=1S/C14H20Br2N2O/c1-10(2)18(3)8-4-7-17-14(19)12-9-11(15)5-6-13(12)16/h5-6,9-10H,4,7-8H2,1-3H3,(H,17,19). The number of amides is 1. The van der Waals surface area contributed by atoms with Gasteiger partial charge in [0.2, 0.25) is 0 Å². The van der Waals surface area contributed by atoms with Gasteiger partial charge in [0.1, 0.15) is 0 Å². The van der Waals surface area contributed by atoms with E-state index in [1.165, 1.54) is 0 Å². The average molecular weight is 392 g/mol. The van der Waals surface area contributed by atoms with Crippen molar-refractivity contribution < 1.29 is 4.79 Å². The van der Waals surface area contributed by atoms with E-state index in [0.717, 1.165) is 21.9 Å². The fraction of sp³-hybridized carbons (Fsp3) is 0.500. The Kier molecular flexibility index (Phi) is 7.04. The molecule has 0 saturated carbocycles. The number of carbonyl (C=O) groups excluding carboxylic acids is 1. The van der Waals surface area contributed by atoms with Crippen molar-refractivity contribution in [3.63, 3.8) is 0 Å². The van der Waals surface area contributed by atoms with Crippen molar-refractivity contribution in [1.29, 1.82) is 0 Å². The molecule has 0 aromatic heterocycles. The van der Waals surface area contributed by atoms with Crippen LogP contribution in [0.4, 0.5) is 0 Å². The monoisotopic (exact) mass is 390 g/mol. The lowest BCUT2D eigenvalue weighted by atomic mass is 10.2. The van der Waals surface area contributed by atoms with E-state index in [4.69, 9.17) is 0 Å². The van der Waals surface area contributed by atoms with Crippen LogP contribution in [-0.4, -0.2) is 37.0 Å². The number of benzene rings is 1. The van der Waals surface area contributed by atoms with Gasteiger partial charge in [0.05, 0.1) is 5.56 Å². The topological polar surface area (TPSA) is 32.3 Å². The maximum Gasteiger partial charge on any atom is 0.252 e. The molecule has 0 aliphatic rings. The minimum absolute atomic E-state index is 0.0413. The fourth-order valence-corrected chi connectivity index (χ4v) is 2.34. The molecular weight excluding hydrogens is 372 g/mol. The summed E-state index contributed by atoms with van der Waals surface area (Å²) >= 11 is 6.77. The van der Waals surface area contributed by atoms with Crippen molar-refractivity contribution in [2.24, 2.45) is 0 Å². The summed E-state index contributed by atoms with van der Waals surface area (Å²) in [6.07, 6.45) is 0.950. The van der Waals surface area contributed by atoms with E-state index in [1.807, 2.05) is 18.2 Å². The number of nitrogens with zero attached hydrogens (tertiary/aromatic N) is 1. The first-order valence-electron chi connectivity index (χ1n) is 6.35. The van der Waals surface area contributed by atoms with Gasteiger partial charge in [-0.2, -0.15) is 0 Å². The van der Waals surface area contributed by atoms with Crippen molar-refractivity contribution in [2.75, 3.05) is 20.1 Å². The summed E-state index contributed by atoms with van der Waals surface area (Å²) in [4.78, 5) is 14.3. The van der Waals surface area contributed by atoms with Gasteiger partial charge in [0.15, 0.2) is 0 Å². The zero-order valence-electron chi connectivity index (χ0n) is 11.5. The largest absolute Gasteiger partial charge is 0.352 e. The Labute approximate surface area is 132 Å². The van der Waals surface area contributed by atoms with Crippen LogP contribution >= 0.6 is 31.9 Å². The van der Waals surface area contributed by atoms with Crippen LogP contribution in [0.2, 0.25) is 0 Å². The van der Waals surface area contributed by atoms with E-state index >= 15 is 0 Å². The summed E-state index contributed by atoms with van der Waals surface area (Å²) in [6, 6.07) is 6.12. The Morgan fingerprint density at radius 1 is 1.37 bits per heavy atom. The van der Waals surface area contributed by atoms with E-state index in [2.05, 4.69) is 63.0 Å². The van der Waals surface area contributed by atoms with Gasteiger partial charge in [-0.3, -0.25) is 4.79 Å². The molecule has 1 aromatic carbocycles. The van der Waals surface area contributed by atoms with Crippen LogP contribution in [0, 0.1) is 0 Å². The Morgan fingerprint density at radius 2 is 2.05 bits per heavy atom. The summed E-state index contributed by atoms with van der Waals surface area (Å²) in [5.74, 6) is -0.0413. The number of rotatable bonds is 6. The van der Waals surface area contributed by atoms with Gasteiger partial charge in [-0.05, 0) is 68.0 Å². The molecule has 5 heteroatoms. The maximum absolute atomic E-state index is 12.0. The smallest absolute Gasteiger partial charge is 0.252 e. The molecule has 1 aromatic rings. The first-order valence-corrected chi connectivity index (χ1v) is 7.94. The number of carbonyl (C=O) groups is 1. The summed E-state index contributed by atoms with van der Waals surface area (Å²) < 4.78 is 1.72. The second kappa shape index (κ2) is 8.02. The second-order valence-electron chi connectivity index (χ2n) is 4.81. The molecule has 0 radical (unpaired) electrons. The predicted molar refractivity (Wildman–Crippen MR) is 86.6 cm³/mol. The molecule has 1 rings (SSSR count). The molecule has 0 aliphatic carbocycles. The number of halogens is 2. The van der Waals surface area contributed by atoms with Gasteiger partial charge < -0.3 is 10.2 Å². The zero-order valence-corrected chi connectivity index (χ0v) is 14.7. The van der Waals surface area contributed by atoms with Gasteiger partial charge in [-0.1, -0.05) is 15.9 Å². The number of hydrogen-bond donors (Lipinski definition) is 1. The highest BCUT2D eigenvalue weighted by atomic mass is 79.9. The van der Waals surface area contributed by atoms with Crippen molar-refractivity contribution in [1.82, 2.24) is 10.2 Å². The fourth-order valence-electron chi connectivity index (χ4n) is 1.56. The third-order valence-electron chi connectivity index (χ3n) is 3.03. The van der Waals surface area contributed by atoms with E-state index < -0.39 is 0 Å². The van der Waals surface area contributed by atoms with Gasteiger partial charge in [0.25, 0.3) is 5.91 Å². The molecule has 0 spiro atoms. The molecule has 3 nitrogen and oxygen atoms in total. The molecule has 0 unspecified atom stereocenters. The third kappa shape index (κ3) is 5.63. The molecular formula is C14H20Br2N2O. The van der Waals surface area contributed by atoms with Crippen molar-refractivity contribution in [3.8, 4) is 0 Å². The Morgan fingerprint density at radius 3 is 2.68 bits per heavy atom. The van der Waals surface area contributed by atoms with Crippen LogP contribution in [0.25, 0.3) is 0 Å². The highest BCUT2D eigenvalue weighted by molar-refractivity contribution is 9.11. The molecule has 0 bridgehead atoms. The van der Waals surface area contributed by atoms with Crippen LogP contribution in [0.1, 0.15) is 30.6 Å². The quantitative estimate of drug-likeness (QED) is 0.750. The van der Waals surface area contributed by atoms with E-state index in [9.17, 15) is 4.79 Å². The molecule has 1 N–H and O–H groups in total. The highest BCUT2D eigenvalue weighted by Crippen LogP contribution is 2.21. The summed E-state index contributed by atoms with van der Waals surface area (Å²) in [5.41, 5.74) is 0.659. The second-order valence-corrected chi connectivity index (χ2v) is 6.58. The van der Waals surface area contributed by atoms with E-state index in [1.54, 1.807) is 0 Å².